The van der Waals surface area contributed by atoms with Crippen LogP contribution in [0.2, 0.25) is 0 Å². The minimum atomic E-state index is -1.62. The average molecular weight is 471 g/mol. The zero-order valence-electron chi connectivity index (χ0n) is 16.1. The van der Waals surface area contributed by atoms with Gasteiger partial charge in [0, 0.05) is 10.5 Å². The fourth-order valence-electron chi connectivity index (χ4n) is 3.38. The van der Waals surface area contributed by atoms with Gasteiger partial charge in [-0.3, -0.25) is 0 Å². The van der Waals surface area contributed by atoms with E-state index in [0.717, 1.165) is 28.6 Å². The van der Waals surface area contributed by atoms with Crippen molar-refractivity contribution in [3.05, 3.63) is 65.9 Å². The Labute approximate surface area is 183 Å². The summed E-state index contributed by atoms with van der Waals surface area (Å²) < 4.78 is 60.2. The minimum absolute atomic E-state index is 0.0306. The standard InChI is InChI=1S/C20H17F4N3O4S/c21-10-1-3-11(4-2-10)32-20-19(30)17(18(29)15(8-28)31-20)27-7-14(25-26-27)9-5-12(22)16(24)13(23)6-9/h1-7,15,17-20,28-30H,8H2/t15-,17+,18+,19-,20-/m1/s1. The molecular weight excluding hydrogens is 454 g/mol. The van der Waals surface area contributed by atoms with Crippen LogP contribution in [0.4, 0.5) is 17.6 Å². The van der Waals surface area contributed by atoms with Crippen molar-refractivity contribution in [3.8, 4) is 11.3 Å². The van der Waals surface area contributed by atoms with Crippen LogP contribution in [0, 0.1) is 23.3 Å². The predicted molar refractivity (Wildman–Crippen MR) is 104 cm³/mol. The molecule has 1 saturated heterocycles. The molecule has 5 atom stereocenters. The molecule has 0 spiro atoms. The van der Waals surface area contributed by atoms with Crippen molar-refractivity contribution in [2.24, 2.45) is 0 Å². The molecule has 0 unspecified atom stereocenters. The first-order valence-electron chi connectivity index (χ1n) is 9.40. The molecule has 0 saturated carbocycles. The molecule has 0 aliphatic carbocycles. The largest absolute Gasteiger partial charge is 0.394 e. The predicted octanol–water partition coefficient (Wildman–Crippen LogP) is 2.27. The van der Waals surface area contributed by atoms with Crippen molar-refractivity contribution < 1.29 is 37.6 Å². The molecule has 2 aromatic carbocycles. The van der Waals surface area contributed by atoms with Gasteiger partial charge in [0.05, 0.1) is 12.8 Å². The van der Waals surface area contributed by atoms with E-state index < -0.39 is 59.7 Å². The first-order valence-corrected chi connectivity index (χ1v) is 10.3. The Morgan fingerprint density at radius 2 is 1.66 bits per heavy atom. The van der Waals surface area contributed by atoms with E-state index >= 15 is 0 Å². The van der Waals surface area contributed by atoms with Gasteiger partial charge in [0.2, 0.25) is 0 Å². The highest BCUT2D eigenvalue weighted by Crippen LogP contribution is 2.38. The maximum Gasteiger partial charge on any atom is 0.194 e. The number of hydrogen-bond donors (Lipinski definition) is 3. The van der Waals surface area contributed by atoms with Crippen LogP contribution in [0.3, 0.4) is 0 Å². The molecule has 1 fully saturated rings. The van der Waals surface area contributed by atoms with Crippen LogP contribution in [-0.2, 0) is 4.74 Å². The van der Waals surface area contributed by atoms with E-state index in [9.17, 15) is 32.9 Å². The highest BCUT2D eigenvalue weighted by molar-refractivity contribution is 7.99. The van der Waals surface area contributed by atoms with Crippen molar-refractivity contribution in [2.75, 3.05) is 6.61 Å². The van der Waals surface area contributed by atoms with Gasteiger partial charge >= 0.3 is 0 Å². The van der Waals surface area contributed by atoms with E-state index in [1.807, 2.05) is 0 Å². The molecule has 1 aliphatic heterocycles. The maximum atomic E-state index is 13.6. The number of aliphatic hydroxyl groups excluding tert-OH is 3. The fraction of sp³-hybridized carbons (Fsp3) is 0.300. The Morgan fingerprint density at radius 1 is 1.00 bits per heavy atom. The Kier molecular flexibility index (Phi) is 6.49. The number of aromatic nitrogens is 3. The molecule has 0 bridgehead atoms. The molecule has 32 heavy (non-hydrogen) atoms. The second-order valence-corrected chi connectivity index (χ2v) is 8.28. The van der Waals surface area contributed by atoms with Crippen molar-refractivity contribution in [1.29, 1.82) is 0 Å². The van der Waals surface area contributed by atoms with Gasteiger partial charge in [0.15, 0.2) is 17.5 Å². The Balaban J connectivity index is 1.63. The lowest BCUT2D eigenvalue weighted by Gasteiger charge is -2.41. The monoisotopic (exact) mass is 471 g/mol. The Hall–Kier alpha value is -2.51. The molecule has 7 nitrogen and oxygen atoms in total. The second kappa shape index (κ2) is 9.16. The fourth-order valence-corrected chi connectivity index (χ4v) is 4.44. The molecule has 4 rings (SSSR count). The number of hydrogen-bond acceptors (Lipinski definition) is 7. The Morgan fingerprint density at radius 3 is 2.28 bits per heavy atom. The lowest BCUT2D eigenvalue weighted by atomic mass is 9.97. The lowest BCUT2D eigenvalue weighted by Crippen LogP contribution is -2.55. The number of rotatable bonds is 5. The molecule has 3 N–H and O–H groups in total. The molecule has 170 valence electrons. The van der Waals surface area contributed by atoms with Gasteiger partial charge in [-0.2, -0.15) is 0 Å². The zero-order chi connectivity index (χ0) is 23.0. The van der Waals surface area contributed by atoms with Crippen LogP contribution in [0.15, 0.2) is 47.5 Å². The van der Waals surface area contributed by atoms with Crippen LogP contribution in [0.25, 0.3) is 11.3 Å². The van der Waals surface area contributed by atoms with E-state index in [1.54, 1.807) is 0 Å². The van der Waals surface area contributed by atoms with E-state index in [0.29, 0.717) is 4.90 Å². The number of benzene rings is 2. The summed E-state index contributed by atoms with van der Waals surface area (Å²) >= 11 is 1.05. The lowest BCUT2D eigenvalue weighted by molar-refractivity contribution is -0.178. The molecule has 0 radical (unpaired) electrons. The molecule has 1 aliphatic rings. The van der Waals surface area contributed by atoms with Crippen LogP contribution < -0.4 is 0 Å². The third-order valence-electron chi connectivity index (χ3n) is 5.01. The normalized spacial score (nSPS) is 25.8. The maximum absolute atomic E-state index is 13.6. The zero-order valence-corrected chi connectivity index (χ0v) is 17.0. The molecule has 2 heterocycles. The summed E-state index contributed by atoms with van der Waals surface area (Å²) in [6.07, 6.45) is -2.63. The van der Waals surface area contributed by atoms with Crippen LogP contribution in [0.1, 0.15) is 6.04 Å². The van der Waals surface area contributed by atoms with Crippen molar-refractivity contribution >= 4 is 11.8 Å². The van der Waals surface area contributed by atoms with Crippen LogP contribution in [0.5, 0.6) is 0 Å². The molecule has 3 aromatic rings. The number of ether oxygens (including phenoxy) is 1. The summed E-state index contributed by atoms with van der Waals surface area (Å²) in [6, 6.07) is 5.77. The van der Waals surface area contributed by atoms with Crippen molar-refractivity contribution in [1.82, 2.24) is 15.0 Å². The van der Waals surface area contributed by atoms with E-state index in [1.165, 1.54) is 30.5 Å². The number of aliphatic hydroxyl groups is 3. The first-order chi connectivity index (χ1) is 15.3. The highest BCUT2D eigenvalue weighted by Gasteiger charge is 2.46. The number of nitrogens with zero attached hydrogens (tertiary/aromatic N) is 3. The Bertz CT molecular complexity index is 1080. The molecule has 1 aromatic heterocycles. The summed E-state index contributed by atoms with van der Waals surface area (Å²) in [5.41, 5.74) is -1.10. The quantitative estimate of drug-likeness (QED) is 0.388. The summed E-state index contributed by atoms with van der Waals surface area (Å²) in [7, 11) is 0. The van der Waals surface area contributed by atoms with Gasteiger partial charge < -0.3 is 20.1 Å². The summed E-state index contributed by atoms with van der Waals surface area (Å²) in [4.78, 5) is 0.568. The third kappa shape index (κ3) is 4.36. The average Bonchev–Trinajstić information content (AvgIpc) is 3.25. The second-order valence-electron chi connectivity index (χ2n) is 7.11. The van der Waals surface area contributed by atoms with Crippen molar-refractivity contribution in [3.63, 3.8) is 0 Å². The molecule has 12 heteroatoms. The first kappa shape index (κ1) is 22.7. The van der Waals surface area contributed by atoms with Gasteiger partial charge in [-0.25, -0.2) is 22.2 Å². The summed E-state index contributed by atoms with van der Waals surface area (Å²) in [5.74, 6) is -4.87. The van der Waals surface area contributed by atoms with E-state index in [-0.39, 0.29) is 11.3 Å². The van der Waals surface area contributed by atoms with Crippen molar-refractivity contribution in [2.45, 2.75) is 34.7 Å². The van der Waals surface area contributed by atoms with Crippen LogP contribution >= 0.6 is 11.8 Å². The number of thioether (sulfide) groups is 1. The highest BCUT2D eigenvalue weighted by atomic mass is 32.2. The van der Waals surface area contributed by atoms with E-state index in [2.05, 4.69) is 10.3 Å². The van der Waals surface area contributed by atoms with Crippen LogP contribution in [-0.4, -0.2) is 60.7 Å². The topological polar surface area (TPSA) is 101 Å². The van der Waals surface area contributed by atoms with Gasteiger partial charge in [-0.05, 0) is 36.4 Å². The van der Waals surface area contributed by atoms with Gasteiger partial charge in [-0.1, -0.05) is 17.0 Å². The van der Waals surface area contributed by atoms with Gasteiger partial charge in [-0.15, -0.1) is 5.10 Å². The van der Waals surface area contributed by atoms with Gasteiger partial charge in [0.1, 0.15) is 41.3 Å². The molecule has 0 amide bonds. The van der Waals surface area contributed by atoms with Gasteiger partial charge in [0.25, 0.3) is 0 Å². The minimum Gasteiger partial charge on any atom is -0.394 e. The third-order valence-corrected chi connectivity index (χ3v) is 6.18. The SMILES string of the molecule is OC[C@H]1O[C@H](Sc2ccc(F)cc2)[C@H](O)[C@@H](n2cc(-c3cc(F)c(F)c(F)c3)nn2)[C@H]1O. The molecular formula is C20H17F4N3O4S. The summed E-state index contributed by atoms with van der Waals surface area (Å²) in [5, 5.41) is 38.7. The summed E-state index contributed by atoms with van der Waals surface area (Å²) in [6.45, 7) is -0.569. The number of halogens is 4. The van der Waals surface area contributed by atoms with E-state index in [4.69, 9.17) is 4.74 Å². The smallest absolute Gasteiger partial charge is 0.194 e.